The third-order valence-electron chi connectivity index (χ3n) is 5.42. The van der Waals surface area contributed by atoms with Gasteiger partial charge in [0.1, 0.15) is 10.8 Å². The number of hydrogen-bond acceptors (Lipinski definition) is 7. The topological polar surface area (TPSA) is 112 Å². The molecule has 1 aliphatic rings. The largest absolute Gasteiger partial charge is 0.373 e. The van der Waals surface area contributed by atoms with E-state index in [9.17, 15) is 4.79 Å². The number of anilines is 1. The molecule has 1 fully saturated rings. The van der Waals surface area contributed by atoms with Crippen LogP contribution in [0.1, 0.15) is 23.5 Å². The molecule has 0 aliphatic heterocycles. The number of nitrogens with two attached hydrogens (primary N) is 1. The van der Waals surface area contributed by atoms with Gasteiger partial charge in [0.25, 0.3) is 0 Å². The second kappa shape index (κ2) is 6.63. The van der Waals surface area contributed by atoms with Crippen molar-refractivity contribution in [2.45, 2.75) is 24.8 Å². The van der Waals surface area contributed by atoms with Crippen molar-refractivity contribution in [1.29, 1.82) is 0 Å². The molecule has 0 saturated heterocycles. The quantitative estimate of drug-likeness (QED) is 0.510. The average molecular weight is 405 g/mol. The molecule has 4 heterocycles. The number of fused-ring (bicyclic) bond motifs is 1. The first-order valence-electron chi connectivity index (χ1n) is 9.30. The van der Waals surface area contributed by atoms with Gasteiger partial charge in [-0.2, -0.15) is 5.10 Å². The molecule has 8 nitrogen and oxygen atoms in total. The predicted octanol–water partition coefficient (Wildman–Crippen LogP) is 2.56. The predicted molar refractivity (Wildman–Crippen MR) is 112 cm³/mol. The first kappa shape index (κ1) is 17.7. The second-order valence-electron chi connectivity index (χ2n) is 7.16. The van der Waals surface area contributed by atoms with Crippen molar-refractivity contribution in [3.63, 3.8) is 0 Å². The number of carbonyl (C=O) groups excluding carboxylic acids is 1. The van der Waals surface area contributed by atoms with Gasteiger partial charge in [0.2, 0.25) is 5.91 Å². The van der Waals surface area contributed by atoms with Crippen molar-refractivity contribution < 1.29 is 4.79 Å². The van der Waals surface area contributed by atoms with Crippen LogP contribution in [0.2, 0.25) is 0 Å². The highest BCUT2D eigenvalue weighted by Gasteiger charge is 2.51. The Hall–Kier alpha value is -3.33. The van der Waals surface area contributed by atoms with Crippen molar-refractivity contribution >= 4 is 33.8 Å². The van der Waals surface area contributed by atoms with E-state index in [1.54, 1.807) is 29.9 Å². The van der Waals surface area contributed by atoms with Gasteiger partial charge in [-0.15, -0.1) is 11.3 Å². The minimum absolute atomic E-state index is 0.318. The minimum atomic E-state index is -0.640. The standard InChI is InChI=1S/C20H19N7OS/c1-22-18-14-10-24-16(20(3-4-20)19(21)28)8-12(14)13(9-25-18)15-2-6-27(26-15)11-17-23-5-7-29-17/h2,5-10H,3-4,11H2,1H3,(H2,21,28)(H,22,25). The zero-order chi connectivity index (χ0) is 20.0. The summed E-state index contributed by atoms with van der Waals surface area (Å²) in [5.41, 5.74) is 7.43. The van der Waals surface area contributed by atoms with Gasteiger partial charge >= 0.3 is 0 Å². The van der Waals surface area contributed by atoms with E-state index in [0.717, 1.165) is 45.7 Å². The molecule has 0 atom stereocenters. The number of hydrogen-bond donors (Lipinski definition) is 2. The van der Waals surface area contributed by atoms with Crippen LogP contribution in [0, 0.1) is 0 Å². The number of carbonyl (C=O) groups is 1. The van der Waals surface area contributed by atoms with E-state index >= 15 is 0 Å². The summed E-state index contributed by atoms with van der Waals surface area (Å²) < 4.78 is 1.86. The monoisotopic (exact) mass is 405 g/mol. The molecule has 4 aromatic heterocycles. The summed E-state index contributed by atoms with van der Waals surface area (Å²) in [6, 6.07) is 3.93. The minimum Gasteiger partial charge on any atom is -0.373 e. The van der Waals surface area contributed by atoms with Gasteiger partial charge in [-0.3, -0.25) is 14.5 Å². The number of aromatic nitrogens is 5. The number of nitrogens with zero attached hydrogens (tertiary/aromatic N) is 5. The smallest absolute Gasteiger partial charge is 0.229 e. The van der Waals surface area contributed by atoms with Crippen molar-refractivity contribution in [3.05, 3.63) is 53.0 Å². The van der Waals surface area contributed by atoms with Crippen LogP contribution in [0.5, 0.6) is 0 Å². The molecule has 3 N–H and O–H groups in total. The number of amides is 1. The Morgan fingerprint density at radius 2 is 2.14 bits per heavy atom. The molecule has 0 unspecified atom stereocenters. The van der Waals surface area contributed by atoms with Gasteiger partial charge in [-0.1, -0.05) is 0 Å². The van der Waals surface area contributed by atoms with Crippen LogP contribution < -0.4 is 11.1 Å². The van der Waals surface area contributed by atoms with E-state index in [4.69, 9.17) is 10.8 Å². The molecule has 1 amide bonds. The molecule has 146 valence electrons. The van der Waals surface area contributed by atoms with Crippen molar-refractivity contribution in [3.8, 4) is 11.3 Å². The molecule has 5 rings (SSSR count). The average Bonchev–Trinajstić information content (AvgIpc) is 3.16. The van der Waals surface area contributed by atoms with E-state index in [1.165, 1.54) is 0 Å². The van der Waals surface area contributed by atoms with E-state index in [1.807, 2.05) is 35.4 Å². The molecular formula is C20H19N7OS. The molecular weight excluding hydrogens is 386 g/mol. The van der Waals surface area contributed by atoms with Crippen LogP contribution in [0.4, 0.5) is 5.82 Å². The van der Waals surface area contributed by atoms with Crippen LogP contribution in [0.25, 0.3) is 22.0 Å². The Labute approximate surface area is 170 Å². The Morgan fingerprint density at radius 3 is 2.83 bits per heavy atom. The maximum absolute atomic E-state index is 12.0. The summed E-state index contributed by atoms with van der Waals surface area (Å²) in [5, 5.41) is 12.6. The summed E-state index contributed by atoms with van der Waals surface area (Å²) in [6.07, 6.45) is 8.77. The molecule has 0 bridgehead atoms. The van der Waals surface area contributed by atoms with Gasteiger partial charge in [-0.25, -0.2) is 9.97 Å². The molecule has 0 aromatic carbocycles. The summed E-state index contributed by atoms with van der Waals surface area (Å²) >= 11 is 1.60. The zero-order valence-electron chi connectivity index (χ0n) is 15.8. The number of primary amides is 1. The normalized spacial score (nSPS) is 14.8. The van der Waals surface area contributed by atoms with Gasteiger partial charge in [0.15, 0.2) is 0 Å². The van der Waals surface area contributed by atoms with Gasteiger partial charge in [0.05, 0.1) is 23.3 Å². The maximum Gasteiger partial charge on any atom is 0.229 e. The summed E-state index contributed by atoms with van der Waals surface area (Å²) in [6.45, 7) is 0.620. The van der Waals surface area contributed by atoms with Crippen LogP contribution >= 0.6 is 11.3 Å². The molecule has 0 spiro atoms. The lowest BCUT2D eigenvalue weighted by atomic mass is 9.97. The lowest BCUT2D eigenvalue weighted by molar-refractivity contribution is -0.120. The van der Waals surface area contributed by atoms with Crippen molar-refractivity contribution in [1.82, 2.24) is 24.7 Å². The highest BCUT2D eigenvalue weighted by Crippen LogP contribution is 2.48. The fourth-order valence-corrected chi connectivity index (χ4v) is 4.22. The molecule has 1 aliphatic carbocycles. The van der Waals surface area contributed by atoms with Crippen LogP contribution in [-0.2, 0) is 16.8 Å². The number of nitrogens with one attached hydrogen (secondary N) is 1. The molecule has 9 heteroatoms. The maximum atomic E-state index is 12.0. The number of rotatable bonds is 6. The van der Waals surface area contributed by atoms with Gasteiger partial charge in [0, 0.05) is 48.2 Å². The van der Waals surface area contributed by atoms with E-state index in [0.29, 0.717) is 12.2 Å². The zero-order valence-corrected chi connectivity index (χ0v) is 16.6. The first-order chi connectivity index (χ1) is 14.1. The number of pyridine rings is 2. The Morgan fingerprint density at radius 1 is 1.28 bits per heavy atom. The molecule has 29 heavy (non-hydrogen) atoms. The third kappa shape index (κ3) is 2.94. The lowest BCUT2D eigenvalue weighted by Gasteiger charge is -2.14. The molecule has 4 aromatic rings. The Bertz CT molecular complexity index is 1210. The fourth-order valence-electron chi connectivity index (χ4n) is 3.62. The highest BCUT2D eigenvalue weighted by atomic mass is 32.1. The SMILES string of the molecule is CNc1ncc(-c2ccn(Cc3nccs3)n2)c2cc(C3(C(N)=O)CC3)ncc12. The van der Waals surface area contributed by atoms with E-state index < -0.39 is 5.41 Å². The molecule has 1 saturated carbocycles. The molecule has 0 radical (unpaired) electrons. The summed E-state index contributed by atoms with van der Waals surface area (Å²) in [7, 11) is 1.82. The lowest BCUT2D eigenvalue weighted by Crippen LogP contribution is -2.29. The van der Waals surface area contributed by atoms with Crippen LogP contribution in [0.3, 0.4) is 0 Å². The van der Waals surface area contributed by atoms with Crippen LogP contribution in [0.15, 0.2) is 42.3 Å². The van der Waals surface area contributed by atoms with E-state index in [2.05, 4.69) is 20.3 Å². The number of thiazole rings is 1. The van der Waals surface area contributed by atoms with Gasteiger partial charge in [-0.05, 0) is 30.4 Å². The summed E-state index contributed by atoms with van der Waals surface area (Å²) in [5.74, 6) is 0.412. The van der Waals surface area contributed by atoms with E-state index in [-0.39, 0.29) is 5.91 Å². The Kier molecular flexibility index (Phi) is 4.06. The van der Waals surface area contributed by atoms with Crippen molar-refractivity contribution in [2.24, 2.45) is 5.73 Å². The first-order valence-corrected chi connectivity index (χ1v) is 10.2. The van der Waals surface area contributed by atoms with Crippen molar-refractivity contribution in [2.75, 3.05) is 12.4 Å². The fraction of sp³-hybridized carbons (Fsp3) is 0.250. The highest BCUT2D eigenvalue weighted by molar-refractivity contribution is 7.09. The summed E-state index contributed by atoms with van der Waals surface area (Å²) in [4.78, 5) is 25.4. The Balaban J connectivity index is 1.61. The third-order valence-corrected chi connectivity index (χ3v) is 6.18. The second-order valence-corrected chi connectivity index (χ2v) is 8.14. The van der Waals surface area contributed by atoms with Gasteiger partial charge < -0.3 is 11.1 Å². The van der Waals surface area contributed by atoms with Crippen LogP contribution in [-0.4, -0.2) is 37.7 Å².